The predicted octanol–water partition coefficient (Wildman–Crippen LogP) is 3.36. The van der Waals surface area contributed by atoms with Crippen LogP contribution in [0.1, 0.15) is 23.1 Å². The average Bonchev–Trinajstić information content (AvgIpc) is 2.77. The number of carbonyl (C=O) groups excluding carboxylic acids is 2. The first-order valence-electron chi connectivity index (χ1n) is 7.73. The fourth-order valence-corrected chi connectivity index (χ4v) is 2.82. The third-order valence-electron chi connectivity index (χ3n) is 4.25. The molecule has 4 nitrogen and oxygen atoms in total. The summed E-state index contributed by atoms with van der Waals surface area (Å²) in [6.07, 6.45) is 0.180. The number of anilines is 2. The molecule has 0 bridgehead atoms. The lowest BCUT2D eigenvalue weighted by atomic mass is 10.1. The Bertz CT molecular complexity index is 783. The van der Waals surface area contributed by atoms with Gasteiger partial charge in [-0.05, 0) is 61.7 Å². The summed E-state index contributed by atoms with van der Waals surface area (Å²) in [5, 5.41) is 3.18. The molecule has 0 saturated carbocycles. The lowest BCUT2D eigenvalue weighted by Crippen LogP contribution is -2.34. The highest BCUT2D eigenvalue weighted by atomic mass is 16.2. The van der Waals surface area contributed by atoms with E-state index < -0.39 is 6.04 Å². The van der Waals surface area contributed by atoms with Gasteiger partial charge in [0.2, 0.25) is 5.91 Å². The van der Waals surface area contributed by atoms with Gasteiger partial charge in [-0.3, -0.25) is 9.59 Å². The normalized spacial score (nSPS) is 17.7. The second-order valence-corrected chi connectivity index (χ2v) is 6.11. The zero-order valence-electron chi connectivity index (χ0n) is 13.6. The number of nitrogens with one attached hydrogen (secondary N) is 1. The van der Waals surface area contributed by atoms with Crippen molar-refractivity contribution in [2.45, 2.75) is 33.2 Å². The molecule has 1 heterocycles. The Morgan fingerprint density at radius 1 is 1.00 bits per heavy atom. The smallest absolute Gasteiger partial charge is 0.256 e. The van der Waals surface area contributed by atoms with Gasteiger partial charge in [0.15, 0.2) is 0 Å². The van der Waals surface area contributed by atoms with Crippen LogP contribution in [0.15, 0.2) is 42.5 Å². The van der Waals surface area contributed by atoms with Gasteiger partial charge in [-0.1, -0.05) is 18.2 Å². The topological polar surface area (TPSA) is 49.4 Å². The summed E-state index contributed by atoms with van der Waals surface area (Å²) in [7, 11) is 0. The number of amides is 2. The quantitative estimate of drug-likeness (QED) is 0.885. The summed E-state index contributed by atoms with van der Waals surface area (Å²) in [6.45, 7) is 5.98. The molecule has 0 aliphatic carbocycles. The number of imide groups is 1. The molecule has 2 aromatic carbocycles. The van der Waals surface area contributed by atoms with Gasteiger partial charge >= 0.3 is 0 Å². The van der Waals surface area contributed by atoms with Gasteiger partial charge in [-0.2, -0.15) is 0 Å². The largest absolute Gasteiger partial charge is 0.373 e. The molecule has 0 spiro atoms. The summed E-state index contributed by atoms with van der Waals surface area (Å²) >= 11 is 0. The molecular weight excluding hydrogens is 288 g/mol. The maximum absolute atomic E-state index is 12.6. The monoisotopic (exact) mass is 308 g/mol. The van der Waals surface area contributed by atoms with Gasteiger partial charge in [0.25, 0.3) is 5.91 Å². The third-order valence-corrected chi connectivity index (χ3v) is 4.25. The molecule has 0 aromatic heterocycles. The molecule has 4 heteroatoms. The van der Waals surface area contributed by atoms with Crippen LogP contribution in [0.5, 0.6) is 0 Å². The van der Waals surface area contributed by atoms with Crippen LogP contribution in [0.4, 0.5) is 11.4 Å². The first kappa shape index (κ1) is 15.3. The third kappa shape index (κ3) is 2.97. The maximum Gasteiger partial charge on any atom is 0.256 e. The van der Waals surface area contributed by atoms with Crippen molar-refractivity contribution in [3.05, 3.63) is 59.2 Å². The number of hydrogen-bond donors (Lipinski definition) is 1. The number of carbonyl (C=O) groups is 2. The highest BCUT2D eigenvalue weighted by molar-refractivity contribution is 6.23. The van der Waals surface area contributed by atoms with Gasteiger partial charge in [0.05, 0.1) is 12.1 Å². The van der Waals surface area contributed by atoms with Crippen molar-refractivity contribution >= 4 is 23.2 Å². The molecule has 1 aliphatic rings. The second kappa shape index (κ2) is 5.88. The van der Waals surface area contributed by atoms with Crippen molar-refractivity contribution in [2.75, 3.05) is 10.2 Å². The Labute approximate surface area is 136 Å². The van der Waals surface area contributed by atoms with E-state index in [-0.39, 0.29) is 18.2 Å². The van der Waals surface area contributed by atoms with E-state index in [9.17, 15) is 9.59 Å². The summed E-state index contributed by atoms with van der Waals surface area (Å²) in [5.41, 5.74) is 4.83. The van der Waals surface area contributed by atoms with E-state index in [4.69, 9.17) is 0 Å². The molecule has 1 atom stereocenters. The number of benzene rings is 2. The molecule has 3 rings (SSSR count). The average molecular weight is 308 g/mol. The Morgan fingerprint density at radius 3 is 2.48 bits per heavy atom. The summed E-state index contributed by atoms with van der Waals surface area (Å²) in [4.78, 5) is 26.3. The fourth-order valence-electron chi connectivity index (χ4n) is 2.82. The Hall–Kier alpha value is -2.62. The Kier molecular flexibility index (Phi) is 3.90. The van der Waals surface area contributed by atoms with Crippen molar-refractivity contribution in [1.29, 1.82) is 0 Å². The van der Waals surface area contributed by atoms with Gasteiger partial charge in [0.1, 0.15) is 6.04 Å². The standard InChI is InChI=1S/C19H20N2O2/c1-12-5-4-6-15(9-12)20-17-11-18(22)21(19(17)23)16-8-7-13(2)14(3)10-16/h4-10,17,20H,11H2,1-3H3/t17-/m1/s1. The number of rotatable bonds is 3. The SMILES string of the molecule is Cc1cccc(N[C@@H]2CC(=O)N(c3ccc(C)c(C)c3)C2=O)c1. The summed E-state index contributed by atoms with van der Waals surface area (Å²) in [6, 6.07) is 12.9. The van der Waals surface area contributed by atoms with Crippen molar-refractivity contribution in [3.63, 3.8) is 0 Å². The van der Waals surface area contributed by atoms with Crippen LogP contribution in [0.2, 0.25) is 0 Å². The minimum absolute atomic E-state index is 0.164. The highest BCUT2D eigenvalue weighted by Gasteiger charge is 2.39. The van der Waals surface area contributed by atoms with Crippen molar-refractivity contribution in [2.24, 2.45) is 0 Å². The van der Waals surface area contributed by atoms with E-state index in [1.165, 1.54) is 4.90 Å². The molecule has 0 unspecified atom stereocenters. The van der Waals surface area contributed by atoms with E-state index in [0.29, 0.717) is 5.69 Å². The zero-order valence-corrected chi connectivity index (χ0v) is 13.6. The van der Waals surface area contributed by atoms with Gasteiger partial charge in [-0.25, -0.2) is 4.90 Å². The molecule has 23 heavy (non-hydrogen) atoms. The summed E-state index contributed by atoms with van der Waals surface area (Å²) < 4.78 is 0. The van der Waals surface area contributed by atoms with Crippen molar-refractivity contribution in [3.8, 4) is 0 Å². The second-order valence-electron chi connectivity index (χ2n) is 6.11. The van der Waals surface area contributed by atoms with E-state index in [0.717, 1.165) is 22.4 Å². The molecular formula is C19H20N2O2. The van der Waals surface area contributed by atoms with E-state index in [1.54, 1.807) is 0 Å². The van der Waals surface area contributed by atoms with Crippen LogP contribution in [0, 0.1) is 20.8 Å². The number of nitrogens with zero attached hydrogens (tertiary/aromatic N) is 1. The van der Waals surface area contributed by atoms with E-state index >= 15 is 0 Å². The highest BCUT2D eigenvalue weighted by Crippen LogP contribution is 2.26. The van der Waals surface area contributed by atoms with Crippen LogP contribution >= 0.6 is 0 Å². The van der Waals surface area contributed by atoms with Gasteiger partial charge in [-0.15, -0.1) is 0 Å². The molecule has 1 fully saturated rings. The van der Waals surface area contributed by atoms with E-state index in [2.05, 4.69) is 5.32 Å². The first-order valence-corrected chi connectivity index (χ1v) is 7.73. The molecule has 1 saturated heterocycles. The number of aryl methyl sites for hydroxylation is 3. The van der Waals surface area contributed by atoms with Crippen LogP contribution in [0.25, 0.3) is 0 Å². The minimum Gasteiger partial charge on any atom is -0.373 e. The molecule has 0 radical (unpaired) electrons. The molecule has 2 amide bonds. The van der Waals surface area contributed by atoms with E-state index in [1.807, 2.05) is 63.2 Å². The van der Waals surface area contributed by atoms with Crippen LogP contribution in [-0.2, 0) is 9.59 Å². The van der Waals surface area contributed by atoms with Crippen LogP contribution in [0.3, 0.4) is 0 Å². The molecule has 1 N–H and O–H groups in total. The summed E-state index contributed by atoms with van der Waals surface area (Å²) in [5.74, 6) is -0.358. The molecule has 1 aliphatic heterocycles. The predicted molar refractivity (Wildman–Crippen MR) is 91.6 cm³/mol. The Morgan fingerprint density at radius 2 is 1.78 bits per heavy atom. The van der Waals surface area contributed by atoms with Gasteiger partial charge < -0.3 is 5.32 Å². The first-order chi connectivity index (χ1) is 11.0. The lowest BCUT2D eigenvalue weighted by molar-refractivity contribution is -0.121. The lowest BCUT2D eigenvalue weighted by Gasteiger charge is -2.17. The van der Waals surface area contributed by atoms with Crippen LogP contribution in [-0.4, -0.2) is 17.9 Å². The number of hydrogen-bond acceptors (Lipinski definition) is 3. The fraction of sp³-hybridized carbons (Fsp3) is 0.263. The zero-order chi connectivity index (χ0) is 16.6. The van der Waals surface area contributed by atoms with Crippen molar-refractivity contribution in [1.82, 2.24) is 0 Å². The molecule has 2 aromatic rings. The van der Waals surface area contributed by atoms with Gasteiger partial charge in [0, 0.05) is 5.69 Å². The Balaban J connectivity index is 1.83. The van der Waals surface area contributed by atoms with Crippen LogP contribution < -0.4 is 10.2 Å². The molecule has 118 valence electrons. The van der Waals surface area contributed by atoms with Crippen molar-refractivity contribution < 1.29 is 9.59 Å². The maximum atomic E-state index is 12.6. The minimum atomic E-state index is -0.508.